The molecule has 2 rings (SSSR count). The quantitative estimate of drug-likeness (QED) is 0.451. The highest BCUT2D eigenvalue weighted by atomic mass is 35.5. The van der Waals surface area contributed by atoms with Gasteiger partial charge in [-0.2, -0.15) is 11.8 Å². The Balaban J connectivity index is 2.06. The second kappa shape index (κ2) is 11.8. The lowest BCUT2D eigenvalue weighted by molar-refractivity contribution is -0.140. The van der Waals surface area contributed by atoms with Gasteiger partial charge in [0.15, 0.2) is 0 Å². The van der Waals surface area contributed by atoms with Crippen LogP contribution in [-0.4, -0.2) is 34.0 Å². The molecule has 0 bridgehead atoms. The molecule has 0 saturated heterocycles. The number of carbonyl (C=O) groups is 2. The Hall–Kier alpha value is -1.69. The number of hydrogen-bond acceptors (Lipinski definition) is 3. The van der Waals surface area contributed by atoms with Crippen LogP contribution in [-0.2, 0) is 21.9 Å². The molecule has 4 nitrogen and oxygen atoms in total. The molecule has 0 aromatic heterocycles. The fourth-order valence-corrected chi connectivity index (χ4v) is 4.17. The van der Waals surface area contributed by atoms with E-state index in [2.05, 4.69) is 17.4 Å². The molecule has 2 aromatic carbocycles. The fraction of sp³-hybridized carbons (Fsp3) is 0.417. The Morgan fingerprint density at radius 3 is 2.32 bits per heavy atom. The van der Waals surface area contributed by atoms with E-state index in [0.29, 0.717) is 22.2 Å². The van der Waals surface area contributed by atoms with E-state index in [0.717, 1.165) is 11.3 Å². The summed E-state index contributed by atoms with van der Waals surface area (Å²) >= 11 is 13.9. The van der Waals surface area contributed by atoms with Crippen molar-refractivity contribution in [3.63, 3.8) is 0 Å². The lowest BCUT2D eigenvalue weighted by atomic mass is 10.1. The number of nitrogens with one attached hydrogen (secondary N) is 1. The summed E-state index contributed by atoms with van der Waals surface area (Å²) in [6.07, 6.45) is 0.353. The number of rotatable bonds is 9. The maximum Gasteiger partial charge on any atom is 0.242 e. The van der Waals surface area contributed by atoms with Crippen LogP contribution >= 0.6 is 35.0 Å². The standard InChI is InChI=1S/C24H30Cl2N2O2S/c1-17(23(30)27-24(2,3)4)28(15-19-10-11-20(25)21(26)14-19)22(29)12-13-31-16-18-8-6-5-7-9-18/h5-11,14,17H,12-13,15-16H2,1-4H3,(H,27,30). The third kappa shape index (κ3) is 8.76. The Bertz CT molecular complexity index is 885. The maximum absolute atomic E-state index is 13.1. The van der Waals surface area contributed by atoms with Gasteiger partial charge in [0.05, 0.1) is 10.0 Å². The van der Waals surface area contributed by atoms with Crippen molar-refractivity contribution < 1.29 is 9.59 Å². The van der Waals surface area contributed by atoms with Crippen molar-refractivity contribution in [2.24, 2.45) is 0 Å². The van der Waals surface area contributed by atoms with Crippen LogP contribution in [0.4, 0.5) is 0 Å². The van der Waals surface area contributed by atoms with Gasteiger partial charge < -0.3 is 10.2 Å². The van der Waals surface area contributed by atoms with Crippen LogP contribution in [0.1, 0.15) is 45.2 Å². The van der Waals surface area contributed by atoms with Crippen molar-refractivity contribution in [3.05, 3.63) is 69.7 Å². The zero-order valence-electron chi connectivity index (χ0n) is 18.5. The van der Waals surface area contributed by atoms with Crippen LogP contribution in [0.2, 0.25) is 10.0 Å². The Morgan fingerprint density at radius 2 is 1.71 bits per heavy atom. The first-order chi connectivity index (χ1) is 14.6. The highest BCUT2D eigenvalue weighted by Gasteiger charge is 2.28. The number of benzene rings is 2. The summed E-state index contributed by atoms with van der Waals surface area (Å²) in [5.41, 5.74) is 1.68. The second-order valence-electron chi connectivity index (χ2n) is 8.47. The topological polar surface area (TPSA) is 49.4 Å². The van der Waals surface area contributed by atoms with Crippen LogP contribution in [0.25, 0.3) is 0 Å². The smallest absolute Gasteiger partial charge is 0.242 e. The molecule has 0 spiro atoms. The summed E-state index contributed by atoms with van der Waals surface area (Å²) < 4.78 is 0. The molecule has 0 aliphatic rings. The number of thioether (sulfide) groups is 1. The number of amides is 2. The first-order valence-electron chi connectivity index (χ1n) is 10.2. The zero-order valence-corrected chi connectivity index (χ0v) is 20.8. The van der Waals surface area contributed by atoms with Gasteiger partial charge >= 0.3 is 0 Å². The van der Waals surface area contributed by atoms with Crippen molar-refractivity contribution in [3.8, 4) is 0 Å². The third-order valence-electron chi connectivity index (χ3n) is 4.57. The Labute approximate surface area is 199 Å². The molecule has 0 radical (unpaired) electrons. The zero-order chi connectivity index (χ0) is 23.0. The van der Waals surface area contributed by atoms with Gasteiger partial charge in [-0.05, 0) is 51.0 Å². The fourth-order valence-electron chi connectivity index (χ4n) is 2.96. The first kappa shape index (κ1) is 25.6. The van der Waals surface area contributed by atoms with Crippen molar-refractivity contribution in [1.82, 2.24) is 10.2 Å². The van der Waals surface area contributed by atoms with Crippen LogP contribution in [0.5, 0.6) is 0 Å². The monoisotopic (exact) mass is 480 g/mol. The minimum atomic E-state index is -0.611. The van der Waals surface area contributed by atoms with E-state index in [1.807, 2.05) is 45.0 Å². The number of carbonyl (C=O) groups excluding carboxylic acids is 2. The highest BCUT2D eigenvalue weighted by Crippen LogP contribution is 2.24. The van der Waals surface area contributed by atoms with Gasteiger partial charge in [-0.15, -0.1) is 0 Å². The first-order valence-corrected chi connectivity index (χ1v) is 12.1. The molecule has 1 N–H and O–H groups in total. The minimum absolute atomic E-state index is 0.0665. The Kier molecular flexibility index (Phi) is 9.73. The van der Waals surface area contributed by atoms with E-state index in [9.17, 15) is 9.59 Å². The summed E-state index contributed by atoms with van der Waals surface area (Å²) in [5.74, 6) is 1.28. The van der Waals surface area contributed by atoms with E-state index in [4.69, 9.17) is 23.2 Å². The number of hydrogen-bond donors (Lipinski definition) is 1. The lowest BCUT2D eigenvalue weighted by Crippen LogP contribution is -2.52. The van der Waals surface area contributed by atoms with Crippen molar-refractivity contribution >= 4 is 46.8 Å². The molecule has 2 aromatic rings. The predicted molar refractivity (Wildman–Crippen MR) is 132 cm³/mol. The summed E-state index contributed by atoms with van der Waals surface area (Å²) in [6.45, 7) is 7.81. The lowest BCUT2D eigenvalue weighted by Gasteiger charge is -2.31. The van der Waals surface area contributed by atoms with Crippen LogP contribution in [0, 0.1) is 0 Å². The maximum atomic E-state index is 13.1. The molecule has 1 unspecified atom stereocenters. The Morgan fingerprint density at radius 1 is 1.03 bits per heavy atom. The normalized spacial score (nSPS) is 12.3. The molecular weight excluding hydrogens is 451 g/mol. The van der Waals surface area contributed by atoms with Crippen LogP contribution in [0.3, 0.4) is 0 Å². The van der Waals surface area contributed by atoms with Crippen molar-refractivity contribution in [2.45, 2.75) is 58.0 Å². The molecule has 0 fully saturated rings. The van der Waals surface area contributed by atoms with E-state index in [1.165, 1.54) is 5.56 Å². The summed E-state index contributed by atoms with van der Waals surface area (Å²) in [4.78, 5) is 27.5. The van der Waals surface area contributed by atoms with Gasteiger partial charge in [-0.3, -0.25) is 9.59 Å². The second-order valence-corrected chi connectivity index (χ2v) is 10.4. The summed E-state index contributed by atoms with van der Waals surface area (Å²) in [6, 6.07) is 14.8. The van der Waals surface area contributed by atoms with E-state index in [1.54, 1.807) is 35.7 Å². The van der Waals surface area contributed by atoms with Gasteiger partial charge in [0.1, 0.15) is 6.04 Å². The van der Waals surface area contributed by atoms with Gasteiger partial charge in [-0.1, -0.05) is 59.6 Å². The number of nitrogens with zero attached hydrogens (tertiary/aromatic N) is 1. The van der Waals surface area contributed by atoms with E-state index >= 15 is 0 Å². The van der Waals surface area contributed by atoms with Crippen LogP contribution in [0.15, 0.2) is 48.5 Å². The predicted octanol–water partition coefficient (Wildman–Crippen LogP) is 5.95. The van der Waals surface area contributed by atoms with Gasteiger partial charge in [0.2, 0.25) is 11.8 Å². The molecule has 0 saturated carbocycles. The average Bonchev–Trinajstić information content (AvgIpc) is 2.71. The van der Waals surface area contributed by atoms with Crippen LogP contribution < -0.4 is 5.32 Å². The molecule has 31 heavy (non-hydrogen) atoms. The molecular formula is C24H30Cl2N2O2S. The largest absolute Gasteiger partial charge is 0.350 e. The third-order valence-corrected chi connectivity index (χ3v) is 6.34. The van der Waals surface area contributed by atoms with Crippen molar-refractivity contribution in [1.29, 1.82) is 0 Å². The number of halogens is 2. The van der Waals surface area contributed by atoms with Gasteiger partial charge in [-0.25, -0.2) is 0 Å². The molecule has 2 amide bonds. The minimum Gasteiger partial charge on any atom is -0.350 e. The molecule has 0 heterocycles. The average molecular weight is 481 g/mol. The summed E-state index contributed by atoms with van der Waals surface area (Å²) in [5, 5.41) is 3.85. The molecule has 7 heteroatoms. The van der Waals surface area contributed by atoms with E-state index in [-0.39, 0.29) is 23.9 Å². The van der Waals surface area contributed by atoms with Gasteiger partial charge in [0, 0.05) is 30.0 Å². The molecule has 168 valence electrons. The van der Waals surface area contributed by atoms with Gasteiger partial charge in [0.25, 0.3) is 0 Å². The molecule has 1 atom stereocenters. The summed E-state index contributed by atoms with van der Waals surface area (Å²) in [7, 11) is 0. The molecule has 0 aliphatic heterocycles. The molecule has 0 aliphatic carbocycles. The SMILES string of the molecule is CC(C(=O)NC(C)(C)C)N(Cc1ccc(Cl)c(Cl)c1)C(=O)CCSCc1ccccc1. The van der Waals surface area contributed by atoms with Crippen molar-refractivity contribution in [2.75, 3.05) is 5.75 Å². The highest BCUT2D eigenvalue weighted by molar-refractivity contribution is 7.98. The van der Waals surface area contributed by atoms with E-state index < -0.39 is 6.04 Å².